The summed E-state index contributed by atoms with van der Waals surface area (Å²) in [5.74, 6) is -4.19. The first kappa shape index (κ1) is 28.2. The third-order valence-corrected chi connectivity index (χ3v) is 7.33. The van der Waals surface area contributed by atoms with Crippen LogP contribution in [-0.2, 0) is 28.0 Å². The highest BCUT2D eigenvalue weighted by molar-refractivity contribution is 7.86. The van der Waals surface area contributed by atoms with E-state index >= 15 is 0 Å². The molecule has 0 saturated carbocycles. The van der Waals surface area contributed by atoms with E-state index in [1.165, 1.54) is 14.1 Å². The van der Waals surface area contributed by atoms with E-state index in [9.17, 15) is 26.4 Å². The van der Waals surface area contributed by atoms with Gasteiger partial charge in [-0.25, -0.2) is 18.2 Å². The van der Waals surface area contributed by atoms with Crippen molar-refractivity contribution in [1.29, 1.82) is 0 Å². The van der Waals surface area contributed by atoms with Crippen molar-refractivity contribution >= 4 is 16.2 Å². The molecule has 0 atom stereocenters. The van der Waals surface area contributed by atoms with Crippen LogP contribution in [0.25, 0.3) is 11.5 Å². The van der Waals surface area contributed by atoms with Crippen LogP contribution in [0, 0.1) is 31.3 Å². The van der Waals surface area contributed by atoms with Crippen molar-refractivity contribution in [2.75, 3.05) is 27.2 Å². The van der Waals surface area contributed by atoms with E-state index in [0.29, 0.717) is 22.8 Å². The zero-order valence-corrected chi connectivity index (χ0v) is 21.4. The molecule has 0 fully saturated rings. The van der Waals surface area contributed by atoms with Crippen molar-refractivity contribution in [2.24, 2.45) is 0 Å². The number of oxazole rings is 1. The minimum Gasteiger partial charge on any atom is -0.493 e. The van der Waals surface area contributed by atoms with Crippen LogP contribution in [-0.4, -0.2) is 60.3 Å². The molecule has 3 aromatic rings. The van der Waals surface area contributed by atoms with Gasteiger partial charge in [0.1, 0.15) is 23.9 Å². The third kappa shape index (κ3) is 6.48. The first-order valence-electron chi connectivity index (χ1n) is 11.0. The molecule has 2 aromatic carbocycles. The molecule has 0 aliphatic rings. The van der Waals surface area contributed by atoms with Crippen molar-refractivity contribution in [1.82, 2.24) is 13.6 Å². The molecule has 0 bridgehead atoms. The predicted octanol–water partition coefficient (Wildman–Crippen LogP) is 3.69. The monoisotopic (exact) mass is 541 g/mol. The van der Waals surface area contributed by atoms with Gasteiger partial charge in [-0.15, -0.1) is 0 Å². The molecule has 0 amide bonds. The number of carboxylic acid groups (broad SMARTS) is 1. The van der Waals surface area contributed by atoms with Crippen molar-refractivity contribution in [3.05, 3.63) is 70.4 Å². The number of hydrogen-bond acceptors (Lipinski definition) is 6. The molecular formula is C24H26F3N3O6S. The first-order chi connectivity index (χ1) is 17.3. The highest BCUT2D eigenvalue weighted by Crippen LogP contribution is 2.29. The van der Waals surface area contributed by atoms with Crippen molar-refractivity contribution in [3.8, 4) is 17.2 Å². The summed E-state index contributed by atoms with van der Waals surface area (Å²) in [7, 11) is -1.32. The number of rotatable bonds is 11. The van der Waals surface area contributed by atoms with Crippen molar-refractivity contribution < 1.29 is 40.6 Å². The Hall–Kier alpha value is -3.42. The molecule has 0 aliphatic heterocycles. The maximum absolute atomic E-state index is 14.3. The number of carbonyl (C=O) groups is 1. The molecule has 1 aromatic heterocycles. The van der Waals surface area contributed by atoms with Gasteiger partial charge in [-0.1, -0.05) is 12.1 Å². The van der Waals surface area contributed by atoms with E-state index < -0.39 is 51.3 Å². The summed E-state index contributed by atoms with van der Waals surface area (Å²) in [6.07, 6.45) is 0.253. The maximum atomic E-state index is 14.3. The number of aromatic nitrogens is 1. The van der Waals surface area contributed by atoms with E-state index in [1.807, 2.05) is 0 Å². The minimum absolute atomic E-state index is 0.144. The summed E-state index contributed by atoms with van der Waals surface area (Å²) in [5.41, 5.74) is 0.124. The van der Waals surface area contributed by atoms with Gasteiger partial charge in [0.05, 0.1) is 17.9 Å². The molecule has 0 saturated heterocycles. The summed E-state index contributed by atoms with van der Waals surface area (Å²) in [6, 6.07) is 7.26. The number of halogens is 3. The largest absolute Gasteiger partial charge is 0.493 e. The average Bonchev–Trinajstić information content (AvgIpc) is 3.20. The summed E-state index contributed by atoms with van der Waals surface area (Å²) in [5, 5.41) is 9.07. The molecule has 0 unspecified atom stereocenters. The Balaban J connectivity index is 1.65. The van der Waals surface area contributed by atoms with Crippen LogP contribution in [0.2, 0.25) is 0 Å². The number of benzene rings is 2. The predicted molar refractivity (Wildman–Crippen MR) is 128 cm³/mol. The second-order valence-electron chi connectivity index (χ2n) is 8.38. The van der Waals surface area contributed by atoms with Crippen LogP contribution in [0.15, 0.2) is 34.7 Å². The number of carboxylic acids is 1. The van der Waals surface area contributed by atoms with Gasteiger partial charge >= 0.3 is 5.97 Å². The van der Waals surface area contributed by atoms with Gasteiger partial charge in [0.2, 0.25) is 5.89 Å². The minimum atomic E-state index is -3.95. The lowest BCUT2D eigenvalue weighted by atomic mass is 10.1. The summed E-state index contributed by atoms with van der Waals surface area (Å²) < 4.78 is 79.8. The number of nitrogens with zero attached hydrogens (tertiary/aromatic N) is 3. The van der Waals surface area contributed by atoms with E-state index in [4.69, 9.17) is 14.3 Å². The topological polar surface area (TPSA) is 113 Å². The molecule has 0 aliphatic carbocycles. The zero-order chi connectivity index (χ0) is 27.5. The van der Waals surface area contributed by atoms with Crippen LogP contribution >= 0.6 is 0 Å². The Morgan fingerprint density at radius 3 is 2.35 bits per heavy atom. The van der Waals surface area contributed by atoms with Gasteiger partial charge in [-0.2, -0.15) is 17.0 Å². The van der Waals surface area contributed by atoms with Gasteiger partial charge in [0.25, 0.3) is 10.2 Å². The Bertz CT molecular complexity index is 1390. The van der Waals surface area contributed by atoms with Crippen LogP contribution in [0.5, 0.6) is 5.75 Å². The van der Waals surface area contributed by atoms with Gasteiger partial charge in [0.15, 0.2) is 11.6 Å². The van der Waals surface area contributed by atoms with E-state index in [0.717, 1.165) is 21.6 Å². The lowest BCUT2D eigenvalue weighted by molar-refractivity contribution is -0.137. The SMILES string of the molecule is Cc1oc(-c2cc(F)c(C)c(F)c2F)nc1CCOc1ccc(CN(CC(=O)O)S(=O)(=O)N(C)C)cc1. The van der Waals surface area contributed by atoms with E-state index in [-0.39, 0.29) is 25.5 Å². The first-order valence-corrected chi connectivity index (χ1v) is 12.4. The fourth-order valence-electron chi connectivity index (χ4n) is 3.38. The number of aryl methyl sites for hydroxylation is 1. The Morgan fingerprint density at radius 1 is 1.11 bits per heavy atom. The molecule has 9 nitrogen and oxygen atoms in total. The lowest BCUT2D eigenvalue weighted by Gasteiger charge is -2.24. The van der Waals surface area contributed by atoms with E-state index in [2.05, 4.69) is 4.98 Å². The zero-order valence-electron chi connectivity index (χ0n) is 20.6. The maximum Gasteiger partial charge on any atom is 0.318 e. The molecule has 200 valence electrons. The van der Waals surface area contributed by atoms with Crippen molar-refractivity contribution in [2.45, 2.75) is 26.8 Å². The highest BCUT2D eigenvalue weighted by Gasteiger charge is 2.27. The fraction of sp³-hybridized carbons (Fsp3) is 0.333. The normalized spacial score (nSPS) is 11.9. The van der Waals surface area contributed by atoms with Crippen LogP contribution in [0.4, 0.5) is 13.2 Å². The quantitative estimate of drug-likeness (QED) is 0.369. The molecule has 13 heteroatoms. The van der Waals surface area contributed by atoms with Crippen LogP contribution in [0.1, 0.15) is 22.6 Å². The molecule has 0 spiro atoms. The summed E-state index contributed by atoms with van der Waals surface area (Å²) in [6.45, 7) is 2.02. The number of aliphatic carboxylic acids is 1. The van der Waals surface area contributed by atoms with Gasteiger partial charge in [-0.05, 0) is 37.6 Å². The van der Waals surface area contributed by atoms with Crippen molar-refractivity contribution in [3.63, 3.8) is 0 Å². The molecular weight excluding hydrogens is 515 g/mol. The molecule has 1 N–H and O–H groups in total. The summed E-state index contributed by atoms with van der Waals surface area (Å²) >= 11 is 0. The number of ether oxygens (including phenoxy) is 1. The molecule has 3 rings (SSSR count). The Morgan fingerprint density at radius 2 is 1.76 bits per heavy atom. The molecule has 1 heterocycles. The Labute approximate surface area is 212 Å². The fourth-order valence-corrected chi connectivity index (χ4v) is 4.43. The van der Waals surface area contributed by atoms with Gasteiger partial charge in [0, 0.05) is 32.6 Å². The smallest absolute Gasteiger partial charge is 0.318 e. The van der Waals surface area contributed by atoms with Crippen LogP contribution < -0.4 is 4.74 Å². The van der Waals surface area contributed by atoms with E-state index in [1.54, 1.807) is 31.2 Å². The Kier molecular flexibility index (Phi) is 8.61. The molecule has 37 heavy (non-hydrogen) atoms. The summed E-state index contributed by atoms with van der Waals surface area (Å²) in [4.78, 5) is 15.3. The second kappa shape index (κ2) is 11.3. The molecule has 0 radical (unpaired) electrons. The third-order valence-electron chi connectivity index (χ3n) is 5.50. The van der Waals surface area contributed by atoms with Crippen LogP contribution in [0.3, 0.4) is 0 Å². The highest BCUT2D eigenvalue weighted by atomic mass is 32.2. The van der Waals surface area contributed by atoms with Gasteiger partial charge < -0.3 is 14.3 Å². The average molecular weight is 542 g/mol. The number of hydrogen-bond donors (Lipinski definition) is 1. The lowest BCUT2D eigenvalue weighted by Crippen LogP contribution is -2.42. The van der Waals surface area contributed by atoms with Gasteiger partial charge in [-0.3, -0.25) is 4.79 Å². The second-order valence-corrected chi connectivity index (χ2v) is 10.5. The standard InChI is InChI=1S/C24H26F3N3O6S/c1-14-19(25)11-18(23(27)22(14)26)24-28-20(15(2)36-24)9-10-35-17-7-5-16(6-8-17)12-30(13-21(31)32)37(33,34)29(3)4/h5-8,11H,9-10,12-13H2,1-4H3,(H,31,32).